The molecule has 0 saturated heterocycles. The Balaban J connectivity index is 1.85. The molecule has 68 valence electrons. The maximum atomic E-state index is 9.14. The summed E-state index contributed by atoms with van der Waals surface area (Å²) in [7, 11) is 0. The molecule has 1 aliphatic carbocycles. The third-order valence-corrected chi connectivity index (χ3v) is 4.02. The number of rotatable bonds is 1. The molecule has 0 amide bonds. The molecule has 1 N–H and O–H groups in total. The van der Waals surface area contributed by atoms with Crippen LogP contribution in [0.4, 0.5) is 0 Å². The average Bonchev–Trinajstić information content (AvgIpc) is 2.54. The quantitative estimate of drug-likeness (QED) is 0.681. The average molecular weight is 185 g/mol. The zero-order valence-corrected chi connectivity index (χ0v) is 8.02. The van der Waals surface area contributed by atoms with Crippen LogP contribution in [-0.2, 0) is 0 Å². The van der Waals surface area contributed by atoms with Gasteiger partial charge >= 0.3 is 0 Å². The fourth-order valence-electron chi connectivity index (χ4n) is 2.13. The lowest BCUT2D eigenvalue weighted by atomic mass is 9.87. The first-order valence-corrected chi connectivity index (χ1v) is 5.64. The number of hydrogen-bond acceptors (Lipinski definition) is 2. The highest BCUT2D eigenvalue weighted by atomic mass is 32.2. The molecular weight excluding hydrogens is 170 g/mol. The second-order valence-corrected chi connectivity index (χ2v) is 4.88. The van der Waals surface area contributed by atoms with Crippen molar-refractivity contribution in [2.75, 3.05) is 6.54 Å². The summed E-state index contributed by atoms with van der Waals surface area (Å²) in [6.07, 6.45) is 6.85. The summed E-state index contributed by atoms with van der Waals surface area (Å²) in [5.74, 6) is 0.817. The Hall–Kier alpha value is -0.180. The van der Waals surface area contributed by atoms with Crippen molar-refractivity contribution in [2.24, 2.45) is 10.9 Å². The van der Waals surface area contributed by atoms with E-state index in [9.17, 15) is 0 Å². The minimum atomic E-state index is 0.311. The van der Waals surface area contributed by atoms with Crippen molar-refractivity contribution in [2.45, 2.75) is 37.4 Å². The first kappa shape index (κ1) is 8.42. The van der Waals surface area contributed by atoms with E-state index in [0.29, 0.717) is 10.5 Å². The highest BCUT2D eigenvalue weighted by Crippen LogP contribution is 2.35. The molecule has 0 spiro atoms. The van der Waals surface area contributed by atoms with Crippen molar-refractivity contribution in [3.8, 4) is 0 Å². The summed E-state index contributed by atoms with van der Waals surface area (Å²) in [4.78, 5) is 4.03. The van der Waals surface area contributed by atoms with E-state index < -0.39 is 0 Å². The van der Waals surface area contributed by atoms with Gasteiger partial charge in [0.2, 0.25) is 5.23 Å². The molecule has 3 heteroatoms. The number of thioether (sulfide) groups is 1. The summed E-state index contributed by atoms with van der Waals surface area (Å²) < 4.78 is 0. The molecule has 1 unspecified atom stereocenters. The predicted octanol–water partition coefficient (Wildman–Crippen LogP) is 2.60. The summed E-state index contributed by atoms with van der Waals surface area (Å²) in [6.45, 7) is 0.848. The van der Waals surface area contributed by atoms with E-state index in [1.807, 2.05) is 0 Å². The van der Waals surface area contributed by atoms with E-state index >= 15 is 0 Å². The van der Waals surface area contributed by atoms with E-state index in [4.69, 9.17) is 5.11 Å². The minimum Gasteiger partial charge on any atom is -0.489 e. The van der Waals surface area contributed by atoms with Crippen molar-refractivity contribution in [3.05, 3.63) is 0 Å². The number of aliphatic imine (C=N–C) groups is 1. The summed E-state index contributed by atoms with van der Waals surface area (Å²) in [5.41, 5.74) is 0. The number of hydrogen-bond donors (Lipinski definition) is 1. The zero-order valence-electron chi connectivity index (χ0n) is 7.20. The third-order valence-electron chi connectivity index (χ3n) is 2.84. The van der Waals surface area contributed by atoms with Gasteiger partial charge in [-0.05, 0) is 18.8 Å². The largest absolute Gasteiger partial charge is 0.489 e. The van der Waals surface area contributed by atoms with Gasteiger partial charge in [0.05, 0.1) is 6.54 Å². The van der Waals surface area contributed by atoms with Crippen LogP contribution >= 0.6 is 11.8 Å². The Kier molecular flexibility index (Phi) is 2.59. The Bertz CT molecular complexity index is 187. The van der Waals surface area contributed by atoms with Crippen LogP contribution < -0.4 is 0 Å². The Morgan fingerprint density at radius 3 is 2.58 bits per heavy atom. The first-order chi connectivity index (χ1) is 5.86. The van der Waals surface area contributed by atoms with E-state index in [1.54, 1.807) is 11.8 Å². The lowest BCUT2D eigenvalue weighted by Gasteiger charge is -2.25. The smallest absolute Gasteiger partial charge is 0.243 e. The first-order valence-electron chi connectivity index (χ1n) is 4.76. The standard InChI is InChI=1S/C9H15NOS/c11-9-10-6-8(12-9)7-4-2-1-3-5-7/h7-8H,1-6H2,(H,10,11). The van der Waals surface area contributed by atoms with Crippen LogP contribution in [0.1, 0.15) is 32.1 Å². The molecule has 2 aliphatic rings. The van der Waals surface area contributed by atoms with Crippen LogP contribution in [0.2, 0.25) is 0 Å². The second-order valence-electron chi connectivity index (χ2n) is 3.68. The Morgan fingerprint density at radius 1 is 1.25 bits per heavy atom. The highest BCUT2D eigenvalue weighted by Gasteiger charge is 2.28. The van der Waals surface area contributed by atoms with Gasteiger partial charge in [-0.15, -0.1) is 0 Å². The molecule has 0 radical (unpaired) electrons. The number of aliphatic hydroxyl groups excluding tert-OH is 1. The Morgan fingerprint density at radius 2 is 2.00 bits per heavy atom. The van der Waals surface area contributed by atoms with Crippen LogP contribution in [0.5, 0.6) is 0 Å². The molecule has 0 aromatic rings. The van der Waals surface area contributed by atoms with Gasteiger partial charge in [0, 0.05) is 5.25 Å². The number of aliphatic hydroxyl groups is 1. The molecule has 2 nitrogen and oxygen atoms in total. The van der Waals surface area contributed by atoms with Crippen LogP contribution in [0, 0.1) is 5.92 Å². The molecule has 1 aliphatic heterocycles. The van der Waals surface area contributed by atoms with E-state index in [2.05, 4.69) is 4.99 Å². The molecule has 0 aromatic heterocycles. The van der Waals surface area contributed by atoms with Crippen LogP contribution in [0.3, 0.4) is 0 Å². The van der Waals surface area contributed by atoms with E-state index in [0.717, 1.165) is 12.5 Å². The van der Waals surface area contributed by atoms with Crippen molar-refractivity contribution in [1.29, 1.82) is 0 Å². The molecule has 2 rings (SSSR count). The van der Waals surface area contributed by atoms with Gasteiger partial charge < -0.3 is 5.11 Å². The monoisotopic (exact) mass is 185 g/mol. The van der Waals surface area contributed by atoms with Gasteiger partial charge in [0.1, 0.15) is 0 Å². The fourth-order valence-corrected chi connectivity index (χ4v) is 3.16. The van der Waals surface area contributed by atoms with Crippen LogP contribution in [0.25, 0.3) is 0 Å². The van der Waals surface area contributed by atoms with Gasteiger partial charge in [-0.3, -0.25) is 0 Å². The third kappa shape index (κ3) is 1.76. The van der Waals surface area contributed by atoms with Crippen molar-refractivity contribution in [1.82, 2.24) is 0 Å². The normalized spacial score (nSPS) is 32.0. The zero-order chi connectivity index (χ0) is 8.39. The number of nitrogens with zero attached hydrogens (tertiary/aromatic N) is 1. The van der Waals surface area contributed by atoms with Gasteiger partial charge in [-0.2, -0.15) is 0 Å². The topological polar surface area (TPSA) is 32.6 Å². The summed E-state index contributed by atoms with van der Waals surface area (Å²) >= 11 is 1.58. The molecule has 0 bridgehead atoms. The van der Waals surface area contributed by atoms with Crippen molar-refractivity contribution in [3.63, 3.8) is 0 Å². The molecule has 1 fully saturated rings. The van der Waals surface area contributed by atoms with Gasteiger partial charge in [-0.25, -0.2) is 4.99 Å². The summed E-state index contributed by atoms with van der Waals surface area (Å²) in [6, 6.07) is 0. The maximum Gasteiger partial charge on any atom is 0.243 e. The van der Waals surface area contributed by atoms with Gasteiger partial charge in [0.25, 0.3) is 0 Å². The van der Waals surface area contributed by atoms with E-state index in [1.165, 1.54) is 32.1 Å². The highest BCUT2D eigenvalue weighted by molar-refractivity contribution is 8.14. The second kappa shape index (κ2) is 3.69. The Labute approximate surface area is 77.5 Å². The lowest BCUT2D eigenvalue weighted by molar-refractivity contribution is 0.353. The van der Waals surface area contributed by atoms with Crippen molar-refractivity contribution < 1.29 is 5.11 Å². The van der Waals surface area contributed by atoms with Crippen molar-refractivity contribution >= 4 is 17.0 Å². The molecule has 12 heavy (non-hydrogen) atoms. The molecule has 1 atom stereocenters. The fraction of sp³-hybridized carbons (Fsp3) is 0.889. The molecular formula is C9H15NOS. The van der Waals surface area contributed by atoms with Crippen LogP contribution in [0.15, 0.2) is 4.99 Å². The SMILES string of the molecule is OC1=NCC(C2CCCCC2)S1. The van der Waals surface area contributed by atoms with Gasteiger partial charge in [-0.1, -0.05) is 31.0 Å². The molecule has 0 aromatic carbocycles. The summed E-state index contributed by atoms with van der Waals surface area (Å²) in [5, 5.41) is 10.0. The lowest BCUT2D eigenvalue weighted by Crippen LogP contribution is -2.20. The van der Waals surface area contributed by atoms with E-state index in [-0.39, 0.29) is 0 Å². The minimum absolute atomic E-state index is 0.311. The van der Waals surface area contributed by atoms with Crippen LogP contribution in [-0.4, -0.2) is 22.1 Å². The van der Waals surface area contributed by atoms with Gasteiger partial charge in [0.15, 0.2) is 0 Å². The predicted molar refractivity (Wildman–Crippen MR) is 52.9 cm³/mol. The molecule has 1 saturated carbocycles. The molecule has 1 heterocycles. The maximum absolute atomic E-state index is 9.14.